The zero-order valence-corrected chi connectivity index (χ0v) is 17.3. The fourth-order valence-electron chi connectivity index (χ4n) is 2.73. The molecule has 2 aromatic carbocycles. The minimum absolute atomic E-state index is 0.0345. The van der Waals surface area contributed by atoms with Crippen LogP contribution in [-0.2, 0) is 14.8 Å². The van der Waals surface area contributed by atoms with Crippen molar-refractivity contribution in [2.45, 2.75) is 18.2 Å². The lowest BCUT2D eigenvalue weighted by atomic mass is 10.2. The zero-order valence-electron chi connectivity index (χ0n) is 15.0. The van der Waals surface area contributed by atoms with Gasteiger partial charge in [0, 0.05) is 16.6 Å². The molecule has 0 radical (unpaired) electrons. The zero-order chi connectivity index (χ0) is 20.6. The number of carbonyl (C=O) groups excluding carboxylic acids is 1. The van der Waals surface area contributed by atoms with E-state index in [1.54, 1.807) is 6.07 Å². The first-order chi connectivity index (χ1) is 13.1. The van der Waals surface area contributed by atoms with E-state index in [2.05, 4.69) is 10.0 Å². The summed E-state index contributed by atoms with van der Waals surface area (Å²) < 4.78 is 33.0. The number of sulfonamides is 1. The molecule has 1 fully saturated rings. The SMILES string of the molecule is COc1ccc(NC(=O)C2CC2C)cc1NS(=O)(=O)c1cc(Cl)cc(Cl)c1O. The maximum Gasteiger partial charge on any atom is 0.265 e. The van der Waals surface area contributed by atoms with E-state index in [4.69, 9.17) is 27.9 Å². The molecule has 0 saturated heterocycles. The van der Waals surface area contributed by atoms with Gasteiger partial charge < -0.3 is 15.2 Å². The molecule has 1 aliphatic rings. The number of anilines is 2. The van der Waals surface area contributed by atoms with Crippen molar-refractivity contribution in [3.05, 3.63) is 40.4 Å². The van der Waals surface area contributed by atoms with Crippen LogP contribution in [0.2, 0.25) is 10.0 Å². The number of hydrogen-bond donors (Lipinski definition) is 3. The highest BCUT2D eigenvalue weighted by molar-refractivity contribution is 7.92. The van der Waals surface area contributed by atoms with Gasteiger partial charge in [-0.25, -0.2) is 8.42 Å². The Hall–Kier alpha value is -2.16. The first kappa shape index (κ1) is 20.6. The third-order valence-corrected chi connectivity index (χ3v) is 6.33. The van der Waals surface area contributed by atoms with Gasteiger partial charge >= 0.3 is 0 Å². The average Bonchev–Trinajstić information content (AvgIpc) is 3.35. The van der Waals surface area contributed by atoms with Crippen LogP contribution in [0, 0.1) is 11.8 Å². The van der Waals surface area contributed by atoms with Crippen LogP contribution in [-0.4, -0.2) is 26.5 Å². The smallest absolute Gasteiger partial charge is 0.265 e. The number of aromatic hydroxyl groups is 1. The second-order valence-corrected chi connectivity index (χ2v) is 9.06. The molecule has 2 aromatic rings. The summed E-state index contributed by atoms with van der Waals surface area (Å²) in [5.41, 5.74) is 0.496. The van der Waals surface area contributed by atoms with Gasteiger partial charge in [0.05, 0.1) is 17.8 Å². The largest absolute Gasteiger partial charge is 0.505 e. The lowest BCUT2D eigenvalue weighted by Gasteiger charge is -2.15. The third-order valence-electron chi connectivity index (χ3n) is 4.44. The number of rotatable bonds is 6. The molecule has 1 aliphatic carbocycles. The van der Waals surface area contributed by atoms with Gasteiger partial charge in [-0.15, -0.1) is 0 Å². The molecule has 7 nitrogen and oxygen atoms in total. The predicted octanol–water partition coefficient (Wildman–Crippen LogP) is 4.10. The highest BCUT2D eigenvalue weighted by atomic mass is 35.5. The molecule has 0 bridgehead atoms. The third kappa shape index (κ3) is 4.29. The summed E-state index contributed by atoms with van der Waals surface area (Å²) in [6.07, 6.45) is 0.830. The molecule has 1 saturated carbocycles. The molecule has 0 aromatic heterocycles. The number of carbonyl (C=O) groups is 1. The van der Waals surface area contributed by atoms with Crippen LogP contribution in [0.5, 0.6) is 11.5 Å². The number of nitrogens with one attached hydrogen (secondary N) is 2. The van der Waals surface area contributed by atoms with E-state index in [9.17, 15) is 18.3 Å². The van der Waals surface area contributed by atoms with Crippen molar-refractivity contribution in [3.63, 3.8) is 0 Å². The fraction of sp³-hybridized carbons (Fsp3) is 0.278. The van der Waals surface area contributed by atoms with Crippen LogP contribution in [0.15, 0.2) is 35.2 Å². The van der Waals surface area contributed by atoms with Gasteiger partial charge in [-0.05, 0) is 42.7 Å². The van der Waals surface area contributed by atoms with E-state index >= 15 is 0 Å². The molecule has 10 heteroatoms. The number of halogens is 2. The Kier molecular flexibility index (Phi) is 5.65. The summed E-state index contributed by atoms with van der Waals surface area (Å²) in [4.78, 5) is 11.7. The standard InChI is InChI=1S/C18H18Cl2N2O5S/c1-9-5-12(9)18(24)21-11-3-4-15(27-2)14(8-11)22-28(25,26)16-7-10(19)6-13(20)17(16)23/h3-4,6-9,12,22-23H,5H2,1-2H3,(H,21,24). The van der Waals surface area contributed by atoms with Crippen molar-refractivity contribution >= 4 is 50.5 Å². The Bertz CT molecular complexity index is 1040. The number of hydrogen-bond acceptors (Lipinski definition) is 5. The van der Waals surface area contributed by atoms with Crippen LogP contribution in [0.4, 0.5) is 11.4 Å². The highest BCUT2D eigenvalue weighted by Crippen LogP contribution is 2.39. The molecular weight excluding hydrogens is 427 g/mol. The number of phenols is 1. The van der Waals surface area contributed by atoms with Gasteiger partial charge in [-0.3, -0.25) is 9.52 Å². The predicted molar refractivity (Wildman–Crippen MR) is 108 cm³/mol. The monoisotopic (exact) mass is 444 g/mol. The molecule has 28 heavy (non-hydrogen) atoms. The van der Waals surface area contributed by atoms with Crippen molar-refractivity contribution in [2.75, 3.05) is 17.1 Å². The van der Waals surface area contributed by atoms with Gasteiger partial charge in [-0.1, -0.05) is 30.1 Å². The van der Waals surface area contributed by atoms with Gasteiger partial charge in [0.1, 0.15) is 10.6 Å². The van der Waals surface area contributed by atoms with Crippen molar-refractivity contribution in [1.82, 2.24) is 0 Å². The topological polar surface area (TPSA) is 105 Å². The molecule has 0 heterocycles. The van der Waals surface area contributed by atoms with Crippen LogP contribution < -0.4 is 14.8 Å². The number of benzene rings is 2. The van der Waals surface area contributed by atoms with Crippen molar-refractivity contribution in [3.8, 4) is 11.5 Å². The van der Waals surface area contributed by atoms with Crippen molar-refractivity contribution in [1.29, 1.82) is 0 Å². The first-order valence-corrected chi connectivity index (χ1v) is 10.6. The molecule has 3 rings (SSSR count). The normalized spacial score (nSPS) is 18.4. The van der Waals surface area contributed by atoms with Crippen LogP contribution >= 0.6 is 23.2 Å². The molecule has 3 N–H and O–H groups in total. The van der Waals surface area contributed by atoms with E-state index in [1.165, 1.54) is 25.3 Å². The van der Waals surface area contributed by atoms with Crippen molar-refractivity contribution < 1.29 is 23.1 Å². The summed E-state index contributed by atoms with van der Waals surface area (Å²) in [6.45, 7) is 1.99. The van der Waals surface area contributed by atoms with Gasteiger partial charge in [0.25, 0.3) is 10.0 Å². The summed E-state index contributed by atoms with van der Waals surface area (Å²) >= 11 is 11.7. The molecule has 2 atom stereocenters. The van der Waals surface area contributed by atoms with E-state index in [0.29, 0.717) is 11.6 Å². The van der Waals surface area contributed by atoms with Gasteiger partial charge in [0.2, 0.25) is 5.91 Å². The summed E-state index contributed by atoms with van der Waals surface area (Å²) in [5.74, 6) is -0.205. The van der Waals surface area contributed by atoms with E-state index < -0.39 is 20.7 Å². The van der Waals surface area contributed by atoms with Gasteiger partial charge in [-0.2, -0.15) is 0 Å². The van der Waals surface area contributed by atoms with E-state index in [0.717, 1.165) is 12.5 Å². The summed E-state index contributed by atoms with van der Waals surface area (Å²) in [7, 11) is -2.86. The quantitative estimate of drug-likeness (QED) is 0.621. The second kappa shape index (κ2) is 7.69. The number of ether oxygens (including phenoxy) is 1. The molecule has 2 unspecified atom stereocenters. The number of amides is 1. The minimum Gasteiger partial charge on any atom is -0.505 e. The van der Waals surface area contributed by atoms with Crippen LogP contribution in [0.1, 0.15) is 13.3 Å². The number of phenolic OH excluding ortho intramolecular Hbond substituents is 1. The maximum atomic E-state index is 12.8. The Morgan fingerprint density at radius 3 is 2.54 bits per heavy atom. The Labute approximate surface area is 172 Å². The van der Waals surface area contributed by atoms with Crippen molar-refractivity contribution in [2.24, 2.45) is 11.8 Å². The molecule has 150 valence electrons. The maximum absolute atomic E-state index is 12.8. The molecular formula is C18H18Cl2N2O5S. The van der Waals surface area contributed by atoms with Crippen LogP contribution in [0.25, 0.3) is 0 Å². The Morgan fingerprint density at radius 1 is 1.25 bits per heavy atom. The first-order valence-electron chi connectivity index (χ1n) is 8.32. The Morgan fingerprint density at radius 2 is 1.93 bits per heavy atom. The number of methoxy groups -OCH3 is 1. The highest BCUT2D eigenvalue weighted by Gasteiger charge is 2.39. The lowest BCUT2D eigenvalue weighted by Crippen LogP contribution is -2.16. The molecule has 0 aliphatic heterocycles. The minimum atomic E-state index is -4.24. The molecule has 1 amide bonds. The van der Waals surface area contributed by atoms with E-state index in [1.807, 2.05) is 6.92 Å². The summed E-state index contributed by atoms with van der Waals surface area (Å²) in [6, 6.07) is 6.87. The second-order valence-electron chi connectivity index (χ2n) is 6.56. The van der Waals surface area contributed by atoms with Gasteiger partial charge in [0.15, 0.2) is 5.75 Å². The lowest BCUT2D eigenvalue weighted by molar-refractivity contribution is -0.117. The average molecular weight is 445 g/mol. The fourth-order valence-corrected chi connectivity index (χ4v) is 4.55. The summed E-state index contributed by atoms with van der Waals surface area (Å²) in [5, 5.41) is 12.6. The van der Waals surface area contributed by atoms with Crippen LogP contribution in [0.3, 0.4) is 0 Å². The van der Waals surface area contributed by atoms with E-state index in [-0.39, 0.29) is 33.3 Å². The Balaban J connectivity index is 1.92. The molecule has 0 spiro atoms.